The van der Waals surface area contributed by atoms with Gasteiger partial charge in [0.2, 0.25) is 0 Å². The summed E-state index contributed by atoms with van der Waals surface area (Å²) < 4.78 is -0.274. The number of hydroxylamine groups is 3. The first-order valence-electron chi connectivity index (χ1n) is 4.83. The minimum Gasteiger partial charge on any atom is -0.633 e. The molecule has 80 valence electrons. The average molecular weight is 188 g/mol. The van der Waals surface area contributed by atoms with E-state index in [1.807, 2.05) is 0 Å². The molecule has 0 aromatic carbocycles. The molecule has 3 nitrogen and oxygen atoms in total. The van der Waals surface area contributed by atoms with Gasteiger partial charge in [-0.2, -0.15) is 0 Å². The number of hydrogen-bond acceptors (Lipinski definition) is 2. The Hall–Kier alpha value is -0.380. The summed E-state index contributed by atoms with van der Waals surface area (Å²) in [6.45, 7) is 6.95. The molecular formula is C10H24N2O. The van der Waals surface area contributed by atoms with Crippen molar-refractivity contribution in [2.45, 2.75) is 26.2 Å². The van der Waals surface area contributed by atoms with Gasteiger partial charge in [-0.1, -0.05) is 26.3 Å². The number of nitrogens with zero attached hydrogens (tertiary/aromatic N) is 1. The van der Waals surface area contributed by atoms with Crippen molar-refractivity contribution >= 4 is 0 Å². The van der Waals surface area contributed by atoms with Crippen LogP contribution in [0.25, 0.3) is 0 Å². The third-order valence-corrected chi connectivity index (χ3v) is 1.38. The third-order valence-electron chi connectivity index (χ3n) is 1.38. The second-order valence-electron chi connectivity index (χ2n) is 3.54. The summed E-state index contributed by atoms with van der Waals surface area (Å²) in [5.41, 5.74) is 5.21. The van der Waals surface area contributed by atoms with Gasteiger partial charge in [-0.25, -0.2) is 0 Å². The van der Waals surface area contributed by atoms with E-state index >= 15 is 0 Å². The topological polar surface area (TPSA) is 49.1 Å². The second kappa shape index (κ2) is 9.71. The molecule has 0 atom stereocenters. The maximum Gasteiger partial charge on any atom is 0.0964 e. The Morgan fingerprint density at radius 2 is 1.92 bits per heavy atom. The number of nitrogens with two attached hydrogens (primary N) is 1. The van der Waals surface area contributed by atoms with Gasteiger partial charge in [0, 0.05) is 0 Å². The largest absolute Gasteiger partial charge is 0.633 e. The van der Waals surface area contributed by atoms with E-state index in [0.29, 0.717) is 6.54 Å². The van der Waals surface area contributed by atoms with Crippen molar-refractivity contribution in [3.05, 3.63) is 17.9 Å². The zero-order valence-electron chi connectivity index (χ0n) is 9.25. The Balaban J connectivity index is 0. The van der Waals surface area contributed by atoms with Crippen LogP contribution in [0, 0.1) is 5.21 Å². The Labute approximate surface area is 82.4 Å². The standard InChI is InChI=1S/C5H11NO.C5H13N/c1-4-5-6(2,3)7;1-2-3-4-5-6/h4H,1,5H2,2-3H3;2-6H2,1H3. The molecule has 13 heavy (non-hydrogen) atoms. The third kappa shape index (κ3) is 24.5. The molecule has 0 spiro atoms. The number of quaternary nitrogens is 1. The van der Waals surface area contributed by atoms with Gasteiger partial charge in [0.25, 0.3) is 0 Å². The van der Waals surface area contributed by atoms with Gasteiger partial charge in [-0.05, 0) is 19.0 Å². The lowest BCUT2D eigenvalue weighted by Crippen LogP contribution is -2.31. The fourth-order valence-corrected chi connectivity index (χ4v) is 0.705. The maximum atomic E-state index is 10.6. The van der Waals surface area contributed by atoms with Crippen LogP contribution >= 0.6 is 0 Å². The molecule has 0 unspecified atom stereocenters. The lowest BCUT2D eigenvalue weighted by atomic mass is 10.3. The van der Waals surface area contributed by atoms with E-state index < -0.39 is 0 Å². The summed E-state index contributed by atoms with van der Waals surface area (Å²) in [4.78, 5) is 0. The van der Waals surface area contributed by atoms with Gasteiger partial charge in [0.1, 0.15) is 0 Å². The first-order valence-corrected chi connectivity index (χ1v) is 4.83. The normalized spacial score (nSPS) is 10.2. The molecule has 0 aromatic rings. The molecule has 3 heteroatoms. The summed E-state index contributed by atoms with van der Waals surface area (Å²) in [6, 6.07) is 0. The van der Waals surface area contributed by atoms with E-state index in [-0.39, 0.29) is 4.65 Å². The monoisotopic (exact) mass is 188 g/mol. The molecule has 0 bridgehead atoms. The van der Waals surface area contributed by atoms with Gasteiger partial charge in [-0.15, -0.1) is 0 Å². The molecule has 0 fully saturated rings. The van der Waals surface area contributed by atoms with Crippen molar-refractivity contribution in [3.8, 4) is 0 Å². The molecule has 0 radical (unpaired) electrons. The lowest BCUT2D eigenvalue weighted by molar-refractivity contribution is -0.833. The van der Waals surface area contributed by atoms with Crippen molar-refractivity contribution in [2.75, 3.05) is 27.2 Å². The number of likely N-dealkylation sites (N-methyl/N-ethyl adjacent to an activating group) is 1. The molecule has 0 rings (SSSR count). The van der Waals surface area contributed by atoms with Crippen LogP contribution in [0.4, 0.5) is 0 Å². The van der Waals surface area contributed by atoms with Crippen molar-refractivity contribution in [1.82, 2.24) is 0 Å². The van der Waals surface area contributed by atoms with Gasteiger partial charge in [0.05, 0.1) is 20.6 Å². The highest BCUT2D eigenvalue weighted by Gasteiger charge is 1.92. The summed E-state index contributed by atoms with van der Waals surface area (Å²) in [7, 11) is 3.17. The highest BCUT2D eigenvalue weighted by molar-refractivity contribution is 4.64. The Bertz CT molecular complexity index is 104. The van der Waals surface area contributed by atoms with Crippen LogP contribution in [0.1, 0.15) is 26.2 Å². The minimum absolute atomic E-state index is 0.274. The average Bonchev–Trinajstić information content (AvgIpc) is 1.99. The van der Waals surface area contributed by atoms with E-state index in [9.17, 15) is 5.21 Å². The van der Waals surface area contributed by atoms with Crippen molar-refractivity contribution in [2.24, 2.45) is 5.73 Å². The summed E-state index contributed by atoms with van der Waals surface area (Å²) in [6.07, 6.45) is 5.37. The first kappa shape index (κ1) is 15.1. The van der Waals surface area contributed by atoms with Crippen molar-refractivity contribution < 1.29 is 4.65 Å². The molecule has 0 amide bonds. The Kier molecular flexibility index (Phi) is 11.3. The fourth-order valence-electron chi connectivity index (χ4n) is 0.705. The van der Waals surface area contributed by atoms with Crippen molar-refractivity contribution in [1.29, 1.82) is 0 Å². The Morgan fingerprint density at radius 3 is 2.00 bits per heavy atom. The van der Waals surface area contributed by atoms with E-state index in [1.54, 1.807) is 20.2 Å². The van der Waals surface area contributed by atoms with E-state index in [1.165, 1.54) is 19.3 Å². The number of rotatable bonds is 5. The molecule has 0 saturated carbocycles. The molecule has 0 aliphatic heterocycles. The quantitative estimate of drug-likeness (QED) is 0.310. The predicted molar refractivity (Wildman–Crippen MR) is 59.1 cm³/mol. The van der Waals surface area contributed by atoms with Crippen LogP contribution in [0.5, 0.6) is 0 Å². The van der Waals surface area contributed by atoms with E-state index in [2.05, 4.69) is 13.5 Å². The van der Waals surface area contributed by atoms with Crippen molar-refractivity contribution in [3.63, 3.8) is 0 Å². The maximum absolute atomic E-state index is 10.6. The molecule has 0 aliphatic rings. The minimum atomic E-state index is -0.274. The molecule has 0 saturated heterocycles. The van der Waals surface area contributed by atoms with Crippen LogP contribution in [0.3, 0.4) is 0 Å². The first-order chi connectivity index (χ1) is 5.97. The zero-order chi connectivity index (χ0) is 10.7. The summed E-state index contributed by atoms with van der Waals surface area (Å²) in [5, 5.41) is 10.6. The highest BCUT2D eigenvalue weighted by atomic mass is 16.5. The van der Waals surface area contributed by atoms with Gasteiger partial charge in [-0.3, -0.25) is 0 Å². The van der Waals surface area contributed by atoms with E-state index in [4.69, 9.17) is 5.73 Å². The zero-order valence-corrected chi connectivity index (χ0v) is 9.25. The number of hydrogen-bond donors (Lipinski definition) is 1. The molecular weight excluding hydrogens is 164 g/mol. The van der Waals surface area contributed by atoms with Crippen LogP contribution < -0.4 is 5.73 Å². The van der Waals surface area contributed by atoms with E-state index in [0.717, 1.165) is 6.54 Å². The smallest absolute Gasteiger partial charge is 0.0964 e. The highest BCUT2D eigenvalue weighted by Crippen LogP contribution is 1.89. The predicted octanol–water partition coefficient (Wildman–Crippen LogP) is 1.88. The van der Waals surface area contributed by atoms with Crippen LogP contribution in [-0.4, -0.2) is 31.8 Å². The molecule has 2 N–H and O–H groups in total. The summed E-state index contributed by atoms with van der Waals surface area (Å²) in [5.74, 6) is 0. The Morgan fingerprint density at radius 1 is 1.38 bits per heavy atom. The second-order valence-corrected chi connectivity index (χ2v) is 3.54. The van der Waals surface area contributed by atoms with Gasteiger partial charge in [0.15, 0.2) is 0 Å². The lowest BCUT2D eigenvalue weighted by Gasteiger charge is -2.31. The van der Waals surface area contributed by atoms with Crippen LogP contribution in [0.15, 0.2) is 12.7 Å². The van der Waals surface area contributed by atoms with Crippen LogP contribution in [-0.2, 0) is 0 Å². The molecule has 0 heterocycles. The molecule has 0 aromatic heterocycles. The number of unbranched alkanes of at least 4 members (excludes halogenated alkanes) is 2. The van der Waals surface area contributed by atoms with Gasteiger partial charge < -0.3 is 15.6 Å². The SMILES string of the molecule is C=CC[N+](C)(C)[O-].CCCCCN. The summed E-state index contributed by atoms with van der Waals surface area (Å²) >= 11 is 0. The fraction of sp³-hybridized carbons (Fsp3) is 0.800. The van der Waals surface area contributed by atoms with Gasteiger partial charge >= 0.3 is 0 Å². The van der Waals surface area contributed by atoms with Crippen LogP contribution in [0.2, 0.25) is 0 Å². The molecule has 0 aliphatic carbocycles.